The molecule has 1 nitrogen and oxygen atoms in total. The molecule has 2 saturated heterocycles. The van der Waals surface area contributed by atoms with E-state index in [4.69, 9.17) is 0 Å². The second-order valence-electron chi connectivity index (χ2n) is 7.76. The zero-order valence-electron chi connectivity index (χ0n) is 11.3. The van der Waals surface area contributed by atoms with Crippen LogP contribution in [0.2, 0.25) is 0 Å². The van der Waals surface area contributed by atoms with Crippen molar-refractivity contribution in [2.45, 2.75) is 64.3 Å². The molecule has 2 saturated carbocycles. The van der Waals surface area contributed by atoms with Gasteiger partial charge in [-0.15, -0.1) is 0 Å². The fourth-order valence-electron chi connectivity index (χ4n) is 5.21. The van der Waals surface area contributed by atoms with Gasteiger partial charge in [0.05, 0.1) is 0 Å². The SMILES string of the molecule is CC(C)C[C@]12CC3(CC3)CN1CCC21CC1.F. The van der Waals surface area contributed by atoms with Crippen LogP contribution >= 0.6 is 0 Å². The lowest BCUT2D eigenvalue weighted by Crippen LogP contribution is -2.45. The standard InChI is InChI=1S/C15H25N.FH/c1-12(2)9-15-10-13(3-4-13)11-16(15)8-7-14(15)5-6-14;/h12H,3-11H2,1-2H3;1H/t15-;/m1./s1. The van der Waals surface area contributed by atoms with Gasteiger partial charge in [-0.2, -0.15) is 0 Å². The van der Waals surface area contributed by atoms with Crippen molar-refractivity contribution >= 4 is 0 Å². The molecular formula is C15H26FN. The van der Waals surface area contributed by atoms with Gasteiger partial charge >= 0.3 is 0 Å². The number of fused-ring (bicyclic) bond motifs is 2. The van der Waals surface area contributed by atoms with Gasteiger partial charge in [0.15, 0.2) is 0 Å². The number of halogens is 1. The summed E-state index contributed by atoms with van der Waals surface area (Å²) in [5.41, 5.74) is 2.27. The van der Waals surface area contributed by atoms with Crippen molar-refractivity contribution in [1.82, 2.24) is 4.90 Å². The minimum absolute atomic E-state index is 0. The lowest BCUT2D eigenvalue weighted by Gasteiger charge is -2.39. The van der Waals surface area contributed by atoms with Crippen LogP contribution in [0.4, 0.5) is 4.70 Å². The van der Waals surface area contributed by atoms with Gasteiger partial charge in [0.2, 0.25) is 0 Å². The van der Waals surface area contributed by atoms with E-state index in [2.05, 4.69) is 18.7 Å². The molecule has 4 aliphatic rings. The van der Waals surface area contributed by atoms with Crippen LogP contribution in [0.25, 0.3) is 0 Å². The number of rotatable bonds is 2. The van der Waals surface area contributed by atoms with Crippen molar-refractivity contribution in [3.8, 4) is 0 Å². The molecule has 0 amide bonds. The van der Waals surface area contributed by atoms with E-state index in [0.717, 1.165) is 16.7 Å². The van der Waals surface area contributed by atoms with Crippen molar-refractivity contribution in [3.05, 3.63) is 0 Å². The third-order valence-electron chi connectivity index (χ3n) is 6.20. The first-order chi connectivity index (χ1) is 7.60. The van der Waals surface area contributed by atoms with E-state index in [1.165, 1.54) is 25.9 Å². The Bertz CT molecular complexity index is 330. The minimum Gasteiger partial charge on any atom is -0.296 e. The molecule has 2 heteroatoms. The van der Waals surface area contributed by atoms with Crippen LogP contribution in [-0.2, 0) is 0 Å². The molecule has 0 radical (unpaired) electrons. The van der Waals surface area contributed by atoms with Crippen molar-refractivity contribution in [2.24, 2.45) is 16.7 Å². The molecule has 2 heterocycles. The van der Waals surface area contributed by atoms with Crippen molar-refractivity contribution in [3.63, 3.8) is 0 Å². The van der Waals surface area contributed by atoms with Crippen molar-refractivity contribution in [1.29, 1.82) is 0 Å². The quantitative estimate of drug-likeness (QED) is 0.712. The van der Waals surface area contributed by atoms with Gasteiger partial charge in [-0.3, -0.25) is 9.60 Å². The van der Waals surface area contributed by atoms with Crippen LogP contribution in [0.15, 0.2) is 0 Å². The molecule has 0 unspecified atom stereocenters. The molecule has 4 rings (SSSR count). The molecule has 1 atom stereocenters. The molecule has 0 aromatic heterocycles. The molecule has 0 aromatic rings. The first kappa shape index (κ1) is 12.0. The molecule has 2 aliphatic heterocycles. The van der Waals surface area contributed by atoms with Crippen LogP contribution in [0.1, 0.15) is 58.8 Å². The number of nitrogens with zero attached hydrogens (tertiary/aromatic N) is 1. The molecule has 0 bridgehead atoms. The second kappa shape index (κ2) is 3.26. The highest BCUT2D eigenvalue weighted by molar-refractivity contribution is 5.25. The Morgan fingerprint density at radius 2 is 1.76 bits per heavy atom. The summed E-state index contributed by atoms with van der Waals surface area (Å²) in [4.78, 5) is 2.94. The van der Waals surface area contributed by atoms with Crippen LogP contribution in [0.3, 0.4) is 0 Å². The molecule has 4 fully saturated rings. The summed E-state index contributed by atoms with van der Waals surface area (Å²) in [5.74, 6) is 0.881. The summed E-state index contributed by atoms with van der Waals surface area (Å²) in [6.07, 6.45) is 10.8. The predicted octanol–water partition coefficient (Wildman–Crippen LogP) is 3.59. The largest absolute Gasteiger partial charge is 0.296 e. The summed E-state index contributed by atoms with van der Waals surface area (Å²) in [5, 5.41) is 0. The fraction of sp³-hybridized carbons (Fsp3) is 1.00. The highest BCUT2D eigenvalue weighted by atomic mass is 19.0. The predicted molar refractivity (Wildman–Crippen MR) is 68.8 cm³/mol. The molecule has 17 heavy (non-hydrogen) atoms. The zero-order chi connectivity index (χ0) is 11.0. The summed E-state index contributed by atoms with van der Waals surface area (Å²) >= 11 is 0. The highest BCUT2D eigenvalue weighted by Crippen LogP contribution is 2.73. The Labute approximate surface area is 104 Å². The second-order valence-corrected chi connectivity index (χ2v) is 7.76. The van der Waals surface area contributed by atoms with Gasteiger partial charge in [-0.1, -0.05) is 13.8 Å². The fourth-order valence-corrected chi connectivity index (χ4v) is 5.21. The van der Waals surface area contributed by atoms with E-state index in [0.29, 0.717) is 5.54 Å². The van der Waals surface area contributed by atoms with E-state index in [-0.39, 0.29) is 4.70 Å². The van der Waals surface area contributed by atoms with E-state index in [9.17, 15) is 0 Å². The summed E-state index contributed by atoms with van der Waals surface area (Å²) < 4.78 is 0. The van der Waals surface area contributed by atoms with Gasteiger partial charge in [0.1, 0.15) is 0 Å². The summed E-state index contributed by atoms with van der Waals surface area (Å²) in [6, 6.07) is 0. The maximum Gasteiger partial charge on any atom is 0.0274 e. The average molecular weight is 239 g/mol. The Morgan fingerprint density at radius 3 is 2.29 bits per heavy atom. The van der Waals surface area contributed by atoms with Gasteiger partial charge in [0.25, 0.3) is 0 Å². The Morgan fingerprint density at radius 1 is 1.06 bits per heavy atom. The van der Waals surface area contributed by atoms with Crippen LogP contribution < -0.4 is 0 Å². The normalized spacial score (nSPS) is 39.7. The third-order valence-corrected chi connectivity index (χ3v) is 6.20. The van der Waals surface area contributed by atoms with E-state index < -0.39 is 0 Å². The molecule has 98 valence electrons. The Hall–Kier alpha value is -0.110. The lowest BCUT2D eigenvalue weighted by molar-refractivity contribution is 0.107. The van der Waals surface area contributed by atoms with Gasteiger partial charge in [-0.25, -0.2) is 0 Å². The van der Waals surface area contributed by atoms with Gasteiger partial charge < -0.3 is 0 Å². The van der Waals surface area contributed by atoms with Crippen molar-refractivity contribution in [2.75, 3.05) is 13.1 Å². The Balaban J connectivity index is 0.000000902. The number of hydrogen-bond donors (Lipinski definition) is 0. The van der Waals surface area contributed by atoms with Crippen LogP contribution in [0.5, 0.6) is 0 Å². The van der Waals surface area contributed by atoms with Crippen LogP contribution in [0, 0.1) is 16.7 Å². The lowest BCUT2D eigenvalue weighted by atomic mass is 9.72. The van der Waals surface area contributed by atoms with Gasteiger partial charge in [0, 0.05) is 12.1 Å². The van der Waals surface area contributed by atoms with E-state index >= 15 is 0 Å². The number of hydrogen-bond acceptors (Lipinski definition) is 1. The maximum absolute atomic E-state index is 2.94. The first-order valence-electron chi connectivity index (χ1n) is 7.35. The minimum atomic E-state index is 0. The summed E-state index contributed by atoms with van der Waals surface area (Å²) in [7, 11) is 0. The maximum atomic E-state index is 2.94. The smallest absolute Gasteiger partial charge is 0.0274 e. The monoisotopic (exact) mass is 239 g/mol. The van der Waals surface area contributed by atoms with E-state index in [1.807, 2.05) is 0 Å². The van der Waals surface area contributed by atoms with Crippen LogP contribution in [-0.4, -0.2) is 23.5 Å². The zero-order valence-corrected chi connectivity index (χ0v) is 11.3. The van der Waals surface area contributed by atoms with Crippen molar-refractivity contribution < 1.29 is 4.70 Å². The molecule has 2 spiro atoms. The molecule has 0 N–H and O–H groups in total. The molecule has 2 aliphatic carbocycles. The molecule has 0 aromatic carbocycles. The summed E-state index contributed by atoms with van der Waals surface area (Å²) in [6.45, 7) is 7.74. The van der Waals surface area contributed by atoms with Gasteiger partial charge in [-0.05, 0) is 68.2 Å². The first-order valence-corrected chi connectivity index (χ1v) is 7.35. The third kappa shape index (κ3) is 1.39. The topological polar surface area (TPSA) is 3.24 Å². The Kier molecular flexibility index (Phi) is 2.29. The molecular weight excluding hydrogens is 213 g/mol. The van der Waals surface area contributed by atoms with E-state index in [1.54, 1.807) is 32.1 Å². The average Bonchev–Trinajstić information content (AvgIpc) is 3.04. The highest BCUT2D eigenvalue weighted by Gasteiger charge is 2.71.